The number of nitro benzene ring substituents is 1. The second kappa shape index (κ2) is 10.1. The van der Waals surface area contributed by atoms with Crippen molar-refractivity contribution in [2.45, 2.75) is 0 Å². The molecule has 0 radical (unpaired) electrons. The molecule has 3 aromatic carbocycles. The van der Waals surface area contributed by atoms with Gasteiger partial charge >= 0.3 is 0 Å². The van der Waals surface area contributed by atoms with Gasteiger partial charge in [-0.2, -0.15) is 5.10 Å². The molecule has 8 nitrogen and oxygen atoms in total. The summed E-state index contributed by atoms with van der Waals surface area (Å²) in [6, 6.07) is 26.9. The van der Waals surface area contributed by atoms with Crippen molar-refractivity contribution in [3.8, 4) is 28.2 Å². The Morgan fingerprint density at radius 2 is 1.64 bits per heavy atom. The molecule has 0 fully saturated rings. The van der Waals surface area contributed by atoms with Crippen LogP contribution in [-0.2, 0) is 4.79 Å². The lowest BCUT2D eigenvalue weighted by atomic mass is 10.1. The van der Waals surface area contributed by atoms with E-state index in [-0.39, 0.29) is 12.3 Å². The molecule has 0 unspecified atom stereocenters. The highest BCUT2D eigenvalue weighted by Crippen LogP contribution is 2.30. The molecule has 0 aliphatic rings. The molecule has 1 amide bonds. The summed E-state index contributed by atoms with van der Waals surface area (Å²) in [5.41, 5.74) is 4.80. The van der Waals surface area contributed by atoms with E-state index in [0.717, 1.165) is 11.1 Å². The zero-order valence-electron chi connectivity index (χ0n) is 17.4. The molecule has 1 aromatic heterocycles. The van der Waals surface area contributed by atoms with Crippen LogP contribution >= 0.6 is 0 Å². The van der Waals surface area contributed by atoms with Gasteiger partial charge in [-0.3, -0.25) is 14.9 Å². The minimum Gasteiger partial charge on any atom is -0.484 e. The first kappa shape index (κ1) is 21.5. The minimum atomic E-state index is -0.471. The van der Waals surface area contributed by atoms with E-state index in [4.69, 9.17) is 9.15 Å². The van der Waals surface area contributed by atoms with Crippen LogP contribution in [-0.4, -0.2) is 23.7 Å². The quantitative estimate of drug-likeness (QED) is 0.234. The molecule has 164 valence electrons. The Morgan fingerprint density at radius 3 is 2.39 bits per heavy atom. The standard InChI is InChI=1S/C25H19N3O5/c29-25(17-32-20-12-10-19(11-13-20)18-6-2-1-3-7-18)27-26-16-21-14-15-24(33-21)22-8-4-5-9-23(22)28(30)31/h1-16H,17H2,(H,27,29)/b26-16-. The predicted octanol–water partition coefficient (Wildman–Crippen LogP) is 5.05. The Morgan fingerprint density at radius 1 is 0.939 bits per heavy atom. The van der Waals surface area contributed by atoms with Gasteiger partial charge in [-0.05, 0) is 41.5 Å². The van der Waals surface area contributed by atoms with Crippen LogP contribution in [0.15, 0.2) is 101 Å². The van der Waals surface area contributed by atoms with Gasteiger partial charge in [0.1, 0.15) is 17.3 Å². The van der Waals surface area contributed by atoms with Gasteiger partial charge in [0, 0.05) is 6.07 Å². The minimum absolute atomic E-state index is 0.0578. The van der Waals surface area contributed by atoms with Crippen molar-refractivity contribution in [1.82, 2.24) is 5.43 Å². The summed E-state index contributed by atoms with van der Waals surface area (Å²) in [6.45, 7) is -0.207. The number of amides is 1. The molecule has 4 rings (SSSR count). The SMILES string of the molecule is O=C(COc1ccc(-c2ccccc2)cc1)N/N=C\c1ccc(-c2ccccc2[N+](=O)[O-])o1. The van der Waals surface area contributed by atoms with Crippen LogP contribution in [0.5, 0.6) is 5.75 Å². The Balaban J connectivity index is 1.29. The van der Waals surface area contributed by atoms with E-state index in [0.29, 0.717) is 22.8 Å². The van der Waals surface area contributed by atoms with Crippen molar-refractivity contribution in [2.75, 3.05) is 6.61 Å². The number of benzene rings is 3. The van der Waals surface area contributed by atoms with Gasteiger partial charge in [0.25, 0.3) is 11.6 Å². The van der Waals surface area contributed by atoms with Crippen LogP contribution in [0, 0.1) is 10.1 Å². The first-order valence-electron chi connectivity index (χ1n) is 10.0. The first-order valence-corrected chi connectivity index (χ1v) is 10.0. The monoisotopic (exact) mass is 441 g/mol. The Hall–Kier alpha value is -4.72. The molecule has 0 aliphatic carbocycles. The number of hydrazone groups is 1. The summed E-state index contributed by atoms with van der Waals surface area (Å²) in [5, 5.41) is 15.0. The fraction of sp³-hybridized carbons (Fsp3) is 0.0400. The van der Waals surface area contributed by atoms with Gasteiger partial charge in [-0.25, -0.2) is 5.43 Å². The van der Waals surface area contributed by atoms with Crippen molar-refractivity contribution in [1.29, 1.82) is 0 Å². The number of nitro groups is 1. The fourth-order valence-corrected chi connectivity index (χ4v) is 3.13. The molecule has 1 heterocycles. The maximum atomic E-state index is 12.0. The number of ether oxygens (including phenoxy) is 1. The molecule has 0 spiro atoms. The summed E-state index contributed by atoms with van der Waals surface area (Å²) in [5.74, 6) is 0.788. The third kappa shape index (κ3) is 5.50. The van der Waals surface area contributed by atoms with Gasteiger partial charge in [-0.15, -0.1) is 0 Å². The van der Waals surface area contributed by atoms with Crippen molar-refractivity contribution in [3.63, 3.8) is 0 Å². The predicted molar refractivity (Wildman–Crippen MR) is 124 cm³/mol. The summed E-state index contributed by atoms with van der Waals surface area (Å²) in [4.78, 5) is 22.7. The van der Waals surface area contributed by atoms with Crippen molar-refractivity contribution in [2.24, 2.45) is 5.10 Å². The topological polar surface area (TPSA) is 107 Å². The number of hydrogen-bond acceptors (Lipinski definition) is 6. The molecular formula is C25H19N3O5. The molecular weight excluding hydrogens is 422 g/mol. The Kier molecular flexibility index (Phi) is 6.56. The lowest BCUT2D eigenvalue weighted by Gasteiger charge is -2.06. The number of nitrogens with one attached hydrogen (secondary N) is 1. The van der Waals surface area contributed by atoms with E-state index in [2.05, 4.69) is 10.5 Å². The third-order valence-electron chi connectivity index (χ3n) is 4.71. The van der Waals surface area contributed by atoms with Crippen molar-refractivity contribution >= 4 is 17.8 Å². The van der Waals surface area contributed by atoms with Gasteiger partial charge in [0.2, 0.25) is 0 Å². The highest BCUT2D eigenvalue weighted by molar-refractivity contribution is 5.82. The molecule has 0 atom stereocenters. The molecule has 0 saturated heterocycles. The number of hydrogen-bond donors (Lipinski definition) is 1. The maximum Gasteiger partial charge on any atom is 0.280 e. The van der Waals surface area contributed by atoms with Gasteiger partial charge < -0.3 is 9.15 Å². The molecule has 4 aromatic rings. The summed E-state index contributed by atoms with van der Waals surface area (Å²) < 4.78 is 11.1. The van der Waals surface area contributed by atoms with Gasteiger partial charge in [-0.1, -0.05) is 54.6 Å². The van der Waals surface area contributed by atoms with Crippen LogP contribution in [0.4, 0.5) is 5.69 Å². The number of furan rings is 1. The fourth-order valence-electron chi connectivity index (χ4n) is 3.13. The second-order valence-corrected chi connectivity index (χ2v) is 6.95. The second-order valence-electron chi connectivity index (χ2n) is 6.95. The van der Waals surface area contributed by atoms with Gasteiger partial charge in [0.05, 0.1) is 16.7 Å². The van der Waals surface area contributed by atoms with E-state index in [1.165, 1.54) is 12.3 Å². The Bertz CT molecular complexity index is 1280. The first-order chi connectivity index (χ1) is 16.1. The van der Waals surface area contributed by atoms with E-state index < -0.39 is 10.8 Å². The number of carbonyl (C=O) groups is 1. The number of para-hydroxylation sites is 1. The average Bonchev–Trinajstić information content (AvgIpc) is 3.32. The Labute approximate surface area is 189 Å². The van der Waals surface area contributed by atoms with Crippen LogP contribution in [0.2, 0.25) is 0 Å². The summed E-state index contributed by atoms with van der Waals surface area (Å²) >= 11 is 0. The van der Waals surface area contributed by atoms with E-state index in [9.17, 15) is 14.9 Å². The molecule has 0 saturated carbocycles. The van der Waals surface area contributed by atoms with E-state index >= 15 is 0 Å². The zero-order chi connectivity index (χ0) is 23.0. The number of nitrogens with zero attached hydrogens (tertiary/aromatic N) is 2. The van der Waals surface area contributed by atoms with Gasteiger partial charge in [0.15, 0.2) is 6.61 Å². The molecule has 0 bridgehead atoms. The highest BCUT2D eigenvalue weighted by atomic mass is 16.6. The van der Waals surface area contributed by atoms with Crippen molar-refractivity contribution < 1.29 is 18.9 Å². The maximum absolute atomic E-state index is 12.0. The van der Waals surface area contributed by atoms with E-state index in [1.54, 1.807) is 42.5 Å². The summed E-state index contributed by atoms with van der Waals surface area (Å²) in [6.07, 6.45) is 1.31. The zero-order valence-corrected chi connectivity index (χ0v) is 17.4. The lowest BCUT2D eigenvalue weighted by molar-refractivity contribution is -0.384. The highest BCUT2D eigenvalue weighted by Gasteiger charge is 2.16. The average molecular weight is 441 g/mol. The molecule has 33 heavy (non-hydrogen) atoms. The normalized spacial score (nSPS) is 10.8. The number of carbonyl (C=O) groups excluding carboxylic acids is 1. The molecule has 8 heteroatoms. The third-order valence-corrected chi connectivity index (χ3v) is 4.71. The summed E-state index contributed by atoms with van der Waals surface area (Å²) in [7, 11) is 0. The number of rotatable bonds is 8. The van der Waals surface area contributed by atoms with E-state index in [1.807, 2.05) is 42.5 Å². The largest absolute Gasteiger partial charge is 0.484 e. The van der Waals surface area contributed by atoms with Crippen LogP contribution in [0.3, 0.4) is 0 Å². The van der Waals surface area contributed by atoms with Crippen LogP contribution < -0.4 is 10.2 Å². The smallest absolute Gasteiger partial charge is 0.280 e. The molecule has 0 aliphatic heterocycles. The lowest BCUT2D eigenvalue weighted by Crippen LogP contribution is -2.24. The molecule has 1 N–H and O–H groups in total. The van der Waals surface area contributed by atoms with Crippen LogP contribution in [0.25, 0.3) is 22.5 Å². The van der Waals surface area contributed by atoms with Crippen LogP contribution in [0.1, 0.15) is 5.76 Å². The van der Waals surface area contributed by atoms with Crippen molar-refractivity contribution in [3.05, 3.63) is 107 Å².